The van der Waals surface area contributed by atoms with Gasteiger partial charge < -0.3 is 20.5 Å². The lowest BCUT2D eigenvalue weighted by Gasteiger charge is -2.15. The molecule has 0 radical (unpaired) electrons. The fourth-order valence-electron chi connectivity index (χ4n) is 4.57. The van der Waals surface area contributed by atoms with Gasteiger partial charge in [-0.3, -0.25) is 4.79 Å². The van der Waals surface area contributed by atoms with Gasteiger partial charge in [0.05, 0.1) is 11.1 Å². The van der Waals surface area contributed by atoms with Crippen LogP contribution in [0.5, 0.6) is 0 Å². The van der Waals surface area contributed by atoms with Crippen LogP contribution in [-0.2, 0) is 7.05 Å². The van der Waals surface area contributed by atoms with Gasteiger partial charge in [-0.05, 0) is 48.2 Å². The molecule has 3 heterocycles. The van der Waals surface area contributed by atoms with E-state index >= 15 is 0 Å². The second-order valence-corrected chi connectivity index (χ2v) is 8.14. The molecule has 162 valence electrons. The van der Waals surface area contributed by atoms with E-state index in [4.69, 9.17) is 5.73 Å². The minimum Gasteiger partial charge on any atom is -0.388 e. The van der Waals surface area contributed by atoms with E-state index in [2.05, 4.69) is 32.0 Å². The average molecular weight is 427 g/mol. The molecular formula is C25H26N6O. The normalized spacial score (nSPS) is 13.6. The van der Waals surface area contributed by atoms with Crippen LogP contribution >= 0.6 is 0 Å². The number of aryl methyl sites for hydroxylation is 1. The summed E-state index contributed by atoms with van der Waals surface area (Å²) in [6, 6.07) is 16.1. The van der Waals surface area contributed by atoms with E-state index < -0.39 is 0 Å². The number of carbonyl (C=O) groups excluding carboxylic acids is 1. The number of nitrogens with two attached hydrogens (primary N) is 1. The molecule has 32 heavy (non-hydrogen) atoms. The van der Waals surface area contributed by atoms with Crippen molar-refractivity contribution in [3.8, 4) is 22.4 Å². The molecule has 1 saturated heterocycles. The van der Waals surface area contributed by atoms with E-state index in [1.54, 1.807) is 0 Å². The maximum atomic E-state index is 12.8. The number of hydrogen-bond acceptors (Lipinski definition) is 5. The Hall–Kier alpha value is -3.87. The molecule has 1 amide bonds. The number of aromatic nitrogens is 3. The molecule has 0 spiro atoms. The highest BCUT2D eigenvalue weighted by atomic mass is 16.2. The first-order valence-electron chi connectivity index (χ1n) is 10.8. The lowest BCUT2D eigenvalue weighted by Crippen LogP contribution is -2.27. The van der Waals surface area contributed by atoms with Crippen LogP contribution in [0, 0.1) is 0 Å². The highest BCUT2D eigenvalue weighted by Crippen LogP contribution is 2.41. The number of rotatable bonds is 4. The van der Waals surface area contributed by atoms with E-state index in [9.17, 15) is 4.79 Å². The first kappa shape index (κ1) is 20.1. The summed E-state index contributed by atoms with van der Waals surface area (Å²) in [5, 5.41) is 3.98. The van der Waals surface area contributed by atoms with Gasteiger partial charge in [-0.1, -0.05) is 24.3 Å². The van der Waals surface area contributed by atoms with Gasteiger partial charge in [-0.15, -0.1) is 0 Å². The van der Waals surface area contributed by atoms with Crippen molar-refractivity contribution >= 4 is 28.4 Å². The van der Waals surface area contributed by atoms with Crippen molar-refractivity contribution < 1.29 is 4.79 Å². The van der Waals surface area contributed by atoms with Gasteiger partial charge in [0, 0.05) is 44.0 Å². The van der Waals surface area contributed by atoms with Crippen LogP contribution in [0.25, 0.3) is 33.4 Å². The lowest BCUT2D eigenvalue weighted by molar-refractivity contribution is 0.0793. The Morgan fingerprint density at radius 3 is 2.28 bits per heavy atom. The standard InChI is InChI=1S/C25H26N6O/c1-27-19-11-9-17(10-12-19)22-20(21-23(26)28-15-29-24(21)30(22)2)16-5-7-18(8-6-16)25(32)31-13-3-4-14-31/h5-12,15,27H,3-4,13-14H2,1-2H3,(H2,26,28,29). The minimum absolute atomic E-state index is 0.0951. The largest absolute Gasteiger partial charge is 0.388 e. The maximum Gasteiger partial charge on any atom is 0.253 e. The number of benzene rings is 2. The summed E-state index contributed by atoms with van der Waals surface area (Å²) in [4.78, 5) is 23.5. The topological polar surface area (TPSA) is 89.1 Å². The molecule has 0 bridgehead atoms. The molecule has 7 heteroatoms. The molecule has 7 nitrogen and oxygen atoms in total. The smallest absolute Gasteiger partial charge is 0.253 e. The lowest BCUT2D eigenvalue weighted by atomic mass is 9.97. The molecule has 0 unspecified atom stereocenters. The molecule has 1 aliphatic heterocycles. The molecule has 0 saturated carbocycles. The third-order valence-corrected chi connectivity index (χ3v) is 6.26. The molecular weight excluding hydrogens is 400 g/mol. The average Bonchev–Trinajstić information content (AvgIpc) is 3.47. The van der Waals surface area contributed by atoms with Crippen molar-refractivity contribution in [2.45, 2.75) is 12.8 Å². The second-order valence-electron chi connectivity index (χ2n) is 8.14. The number of nitrogen functional groups attached to an aromatic ring is 1. The number of nitrogens with one attached hydrogen (secondary N) is 1. The molecule has 4 aromatic rings. The summed E-state index contributed by atoms with van der Waals surface area (Å²) in [6.07, 6.45) is 3.65. The Morgan fingerprint density at radius 2 is 1.62 bits per heavy atom. The predicted octanol–water partition coefficient (Wildman–Crippen LogP) is 4.16. The van der Waals surface area contributed by atoms with Crippen LogP contribution in [0.3, 0.4) is 0 Å². The minimum atomic E-state index is 0.0951. The Bertz CT molecular complexity index is 1290. The Morgan fingerprint density at radius 1 is 0.969 bits per heavy atom. The van der Waals surface area contributed by atoms with Gasteiger partial charge in [0.2, 0.25) is 0 Å². The number of carbonyl (C=O) groups is 1. The second kappa shape index (κ2) is 8.00. The molecule has 3 N–H and O–H groups in total. The molecule has 0 aliphatic carbocycles. The Kier molecular flexibility index (Phi) is 5.01. The van der Waals surface area contributed by atoms with Crippen LogP contribution in [0.4, 0.5) is 11.5 Å². The highest BCUT2D eigenvalue weighted by molar-refractivity contribution is 6.08. The number of anilines is 2. The molecule has 1 aliphatic rings. The van der Waals surface area contributed by atoms with Crippen LogP contribution in [0.2, 0.25) is 0 Å². The van der Waals surface area contributed by atoms with Crippen LogP contribution in [0.15, 0.2) is 54.9 Å². The third-order valence-electron chi connectivity index (χ3n) is 6.26. The maximum absolute atomic E-state index is 12.8. The van der Waals surface area contributed by atoms with E-state index in [1.165, 1.54) is 6.33 Å². The molecule has 2 aromatic heterocycles. The zero-order chi connectivity index (χ0) is 22.2. The summed E-state index contributed by atoms with van der Waals surface area (Å²) in [7, 11) is 3.89. The van der Waals surface area contributed by atoms with Gasteiger partial charge in [-0.25, -0.2) is 9.97 Å². The monoisotopic (exact) mass is 426 g/mol. The van der Waals surface area contributed by atoms with Crippen molar-refractivity contribution in [3.63, 3.8) is 0 Å². The van der Waals surface area contributed by atoms with E-state index in [0.717, 1.165) is 65.0 Å². The fourth-order valence-corrected chi connectivity index (χ4v) is 4.57. The zero-order valence-electron chi connectivity index (χ0n) is 18.3. The van der Waals surface area contributed by atoms with E-state index in [-0.39, 0.29) is 5.91 Å². The van der Waals surface area contributed by atoms with E-state index in [0.29, 0.717) is 11.4 Å². The van der Waals surface area contributed by atoms with E-state index in [1.807, 2.05) is 55.4 Å². The molecule has 5 rings (SSSR count). The Balaban J connectivity index is 1.66. The first-order chi connectivity index (χ1) is 15.6. The third kappa shape index (κ3) is 3.26. The van der Waals surface area contributed by atoms with Crippen LogP contribution in [0.1, 0.15) is 23.2 Å². The van der Waals surface area contributed by atoms with Gasteiger partial charge in [0.25, 0.3) is 5.91 Å². The van der Waals surface area contributed by atoms with Gasteiger partial charge in [0.15, 0.2) is 0 Å². The summed E-state index contributed by atoms with van der Waals surface area (Å²) in [5.74, 6) is 0.536. The summed E-state index contributed by atoms with van der Waals surface area (Å²) >= 11 is 0. The number of hydrogen-bond donors (Lipinski definition) is 2. The highest BCUT2D eigenvalue weighted by Gasteiger charge is 2.23. The number of amides is 1. The van der Waals surface area contributed by atoms with Gasteiger partial charge in [-0.2, -0.15) is 0 Å². The van der Waals surface area contributed by atoms with Gasteiger partial charge >= 0.3 is 0 Å². The first-order valence-corrected chi connectivity index (χ1v) is 10.8. The predicted molar refractivity (Wildman–Crippen MR) is 128 cm³/mol. The van der Waals surface area contributed by atoms with Crippen molar-refractivity contribution in [1.29, 1.82) is 0 Å². The quantitative estimate of drug-likeness (QED) is 0.511. The Labute approximate surface area is 186 Å². The zero-order valence-corrected chi connectivity index (χ0v) is 18.3. The van der Waals surface area contributed by atoms with Crippen molar-refractivity contribution in [1.82, 2.24) is 19.4 Å². The number of nitrogens with zero attached hydrogens (tertiary/aromatic N) is 4. The SMILES string of the molecule is CNc1ccc(-c2c(-c3ccc(C(=O)N4CCCC4)cc3)c3c(N)ncnc3n2C)cc1. The van der Waals surface area contributed by atoms with Crippen LogP contribution < -0.4 is 11.1 Å². The molecule has 1 fully saturated rings. The number of fused-ring (bicyclic) bond motifs is 1. The summed E-state index contributed by atoms with van der Waals surface area (Å²) in [6.45, 7) is 1.68. The van der Waals surface area contributed by atoms with Crippen molar-refractivity contribution in [2.24, 2.45) is 7.05 Å². The van der Waals surface area contributed by atoms with Crippen molar-refractivity contribution in [2.75, 3.05) is 31.2 Å². The van der Waals surface area contributed by atoms with Crippen LogP contribution in [-0.4, -0.2) is 45.5 Å². The molecule has 2 aromatic carbocycles. The summed E-state index contributed by atoms with van der Waals surface area (Å²) < 4.78 is 2.06. The fraction of sp³-hybridized carbons (Fsp3) is 0.240. The van der Waals surface area contributed by atoms with Crippen molar-refractivity contribution in [3.05, 3.63) is 60.4 Å². The summed E-state index contributed by atoms with van der Waals surface area (Å²) in [5.41, 5.74) is 12.9. The number of likely N-dealkylation sites (tertiary alicyclic amines) is 1. The van der Waals surface area contributed by atoms with Gasteiger partial charge in [0.1, 0.15) is 17.8 Å². The molecule has 0 atom stereocenters.